The Hall–Kier alpha value is -2.84. The van der Waals surface area contributed by atoms with Crippen LogP contribution in [0.5, 0.6) is 0 Å². The fraction of sp³-hybridized carbons (Fsp3) is 0.150. The molecule has 0 aliphatic carbocycles. The maximum absolute atomic E-state index is 11.8. The van der Waals surface area contributed by atoms with Crippen LogP contribution in [0.25, 0.3) is 21.9 Å². The molecule has 0 saturated carbocycles. The van der Waals surface area contributed by atoms with Crippen molar-refractivity contribution in [1.82, 2.24) is 4.98 Å². The molecule has 1 heterocycles. The molecule has 2 aromatic carbocycles. The number of thioether (sulfide) groups is 1. The summed E-state index contributed by atoms with van der Waals surface area (Å²) in [6, 6.07) is 14.6. The van der Waals surface area contributed by atoms with E-state index in [0.29, 0.717) is 16.0 Å². The van der Waals surface area contributed by atoms with Crippen molar-refractivity contribution in [3.63, 3.8) is 0 Å². The Morgan fingerprint density at radius 1 is 1.24 bits per heavy atom. The fourth-order valence-electron chi connectivity index (χ4n) is 2.57. The van der Waals surface area contributed by atoms with E-state index in [-0.39, 0.29) is 0 Å². The average molecular weight is 351 g/mol. The smallest absolute Gasteiger partial charge is 0.319 e. The molecule has 5 heteroatoms. The third-order valence-corrected chi connectivity index (χ3v) is 5.00. The molecule has 3 aromatic rings. The Morgan fingerprint density at radius 2 is 2.00 bits per heavy atom. The number of benzene rings is 2. The molecule has 3 rings (SSSR count). The number of carbonyl (C=O) groups is 1. The van der Waals surface area contributed by atoms with Crippen molar-refractivity contribution in [3.05, 3.63) is 60.4 Å². The second-order valence-corrected chi connectivity index (χ2v) is 7.09. The van der Waals surface area contributed by atoms with Gasteiger partial charge in [-0.05, 0) is 36.9 Å². The van der Waals surface area contributed by atoms with Gasteiger partial charge in [-0.2, -0.15) is 5.26 Å². The molecule has 0 saturated heterocycles. The summed E-state index contributed by atoms with van der Waals surface area (Å²) < 4.78 is 21.1. The van der Waals surface area contributed by atoms with E-state index < -0.39 is 17.6 Å². The number of carboxylic acid groups (broad SMARTS) is 1. The Morgan fingerprint density at radius 3 is 2.68 bits per heavy atom. The number of carboxylic acids is 1. The summed E-state index contributed by atoms with van der Waals surface area (Å²) in [5.41, 5.74) is 1.89. The highest BCUT2D eigenvalue weighted by atomic mass is 32.2. The van der Waals surface area contributed by atoms with E-state index in [1.807, 2.05) is 24.3 Å². The number of nitriles is 1. The molecule has 0 spiro atoms. The Kier molecular flexibility index (Phi) is 3.54. The number of pyridine rings is 1. The first kappa shape index (κ1) is 13.5. The first-order chi connectivity index (χ1) is 13.2. The molecule has 0 bridgehead atoms. The summed E-state index contributed by atoms with van der Waals surface area (Å²) in [4.78, 5) is 16.4. The number of nitrogens with zero attached hydrogens (tertiary/aromatic N) is 2. The van der Waals surface area contributed by atoms with Gasteiger partial charge in [0.1, 0.15) is 4.75 Å². The summed E-state index contributed by atoms with van der Waals surface area (Å²) >= 11 is 0.779. The van der Waals surface area contributed by atoms with Gasteiger partial charge in [0.05, 0.1) is 11.6 Å². The number of hydrogen-bond acceptors (Lipinski definition) is 4. The quantitative estimate of drug-likeness (QED) is 0.688. The highest BCUT2D eigenvalue weighted by Crippen LogP contribution is 2.40. The molecule has 1 atom stereocenters. The lowest BCUT2D eigenvalue weighted by Crippen LogP contribution is -2.27. The molecule has 124 valence electrons. The van der Waals surface area contributed by atoms with Crippen LogP contribution in [0.3, 0.4) is 0 Å². The Balaban J connectivity index is 2.22. The van der Waals surface area contributed by atoms with E-state index in [9.17, 15) is 15.2 Å². The van der Waals surface area contributed by atoms with Crippen LogP contribution in [0.2, 0.25) is 0 Å². The van der Waals surface area contributed by atoms with Crippen LogP contribution in [-0.4, -0.2) is 20.8 Å². The molecule has 0 amide bonds. The van der Waals surface area contributed by atoms with Gasteiger partial charge in [0, 0.05) is 32.4 Å². The van der Waals surface area contributed by atoms with Crippen molar-refractivity contribution in [2.75, 3.05) is 0 Å². The third kappa shape index (κ3) is 3.21. The number of aliphatic carboxylic acids is 1. The number of aromatic nitrogens is 1. The molecule has 25 heavy (non-hydrogen) atoms. The maximum Gasteiger partial charge on any atom is 0.319 e. The van der Waals surface area contributed by atoms with Gasteiger partial charge >= 0.3 is 5.97 Å². The fourth-order valence-corrected chi connectivity index (χ4v) is 3.50. The summed E-state index contributed by atoms with van der Waals surface area (Å²) in [6.07, 6.45) is 3.08. The molecule has 0 fully saturated rings. The zero-order valence-electron chi connectivity index (χ0n) is 16.4. The second-order valence-electron chi connectivity index (χ2n) is 5.63. The largest absolute Gasteiger partial charge is 0.480 e. The number of hydrogen-bond donors (Lipinski definition) is 1. The SMILES string of the molecule is [2H]C([2H])([2H])C(C)(Sc1ccncc1-c1ccc(C#N)c2ccccc12)C(=O)O. The molecular weight excluding hydrogens is 332 g/mol. The van der Waals surface area contributed by atoms with Crippen LogP contribution in [0.15, 0.2) is 59.8 Å². The molecule has 4 nitrogen and oxygen atoms in total. The lowest BCUT2D eigenvalue weighted by Gasteiger charge is -2.20. The average Bonchev–Trinajstić information content (AvgIpc) is 2.66. The van der Waals surface area contributed by atoms with Crippen molar-refractivity contribution < 1.29 is 14.0 Å². The predicted molar refractivity (Wildman–Crippen MR) is 99.5 cm³/mol. The predicted octanol–water partition coefficient (Wildman–Crippen LogP) is 4.73. The Bertz CT molecular complexity index is 1110. The van der Waals surface area contributed by atoms with Crippen LogP contribution < -0.4 is 0 Å². The molecular formula is C20H16N2O2S. The van der Waals surface area contributed by atoms with Gasteiger partial charge in [0.25, 0.3) is 0 Å². The van der Waals surface area contributed by atoms with Crippen LogP contribution in [0.1, 0.15) is 23.5 Å². The summed E-state index contributed by atoms with van der Waals surface area (Å²) in [5, 5.41) is 20.5. The summed E-state index contributed by atoms with van der Waals surface area (Å²) in [5.74, 6) is -1.41. The molecule has 0 aliphatic rings. The second kappa shape index (κ2) is 6.58. The van der Waals surface area contributed by atoms with E-state index in [4.69, 9.17) is 4.11 Å². The molecule has 1 N–H and O–H groups in total. The Labute approximate surface area is 154 Å². The number of fused-ring (bicyclic) bond motifs is 1. The van der Waals surface area contributed by atoms with E-state index >= 15 is 0 Å². The van der Waals surface area contributed by atoms with Crippen LogP contribution >= 0.6 is 11.8 Å². The zero-order chi connectivity index (χ0) is 20.5. The first-order valence-corrected chi connectivity index (χ1v) is 8.29. The van der Waals surface area contributed by atoms with Gasteiger partial charge < -0.3 is 5.11 Å². The standard InChI is InChI=1S/C20H16N2O2S/c1-20(2,19(23)24)25-18-9-10-22-12-17(18)16-8-7-13(11-21)14-5-3-4-6-15(14)16/h3-10,12H,1-2H3,(H,23,24)/i1D3. The minimum atomic E-state index is -2.71. The van der Waals surface area contributed by atoms with Crippen molar-refractivity contribution >= 4 is 28.5 Å². The molecule has 0 aliphatic heterocycles. The minimum Gasteiger partial charge on any atom is -0.480 e. The van der Waals surface area contributed by atoms with Gasteiger partial charge in [0.15, 0.2) is 0 Å². The lowest BCUT2D eigenvalue weighted by molar-refractivity contribution is -0.138. The van der Waals surface area contributed by atoms with Crippen molar-refractivity contribution in [1.29, 1.82) is 5.26 Å². The van der Waals surface area contributed by atoms with Gasteiger partial charge in [0.2, 0.25) is 0 Å². The minimum absolute atomic E-state index is 0.492. The topological polar surface area (TPSA) is 74.0 Å². The van der Waals surface area contributed by atoms with Crippen molar-refractivity contribution in [2.45, 2.75) is 23.4 Å². The highest BCUT2D eigenvalue weighted by molar-refractivity contribution is 8.01. The highest BCUT2D eigenvalue weighted by Gasteiger charge is 2.29. The lowest BCUT2D eigenvalue weighted by atomic mass is 9.96. The molecule has 1 aromatic heterocycles. The molecule has 0 radical (unpaired) electrons. The van der Waals surface area contributed by atoms with Gasteiger partial charge in [-0.15, -0.1) is 11.8 Å². The van der Waals surface area contributed by atoms with Gasteiger partial charge in [-0.25, -0.2) is 0 Å². The van der Waals surface area contributed by atoms with Crippen molar-refractivity contribution in [2.24, 2.45) is 0 Å². The molecule has 1 unspecified atom stereocenters. The maximum atomic E-state index is 11.8. The van der Waals surface area contributed by atoms with Crippen molar-refractivity contribution in [3.8, 4) is 17.2 Å². The van der Waals surface area contributed by atoms with Crippen LogP contribution in [-0.2, 0) is 4.79 Å². The van der Waals surface area contributed by atoms with E-state index in [0.717, 1.165) is 28.1 Å². The van der Waals surface area contributed by atoms with Crippen LogP contribution in [0.4, 0.5) is 0 Å². The zero-order valence-corrected chi connectivity index (χ0v) is 14.2. The third-order valence-electron chi connectivity index (χ3n) is 3.84. The van der Waals surface area contributed by atoms with E-state index in [1.165, 1.54) is 13.1 Å². The summed E-state index contributed by atoms with van der Waals surface area (Å²) in [6.45, 7) is -1.51. The van der Waals surface area contributed by atoms with E-state index in [2.05, 4.69) is 11.1 Å². The normalized spacial score (nSPS) is 15.4. The summed E-state index contributed by atoms with van der Waals surface area (Å²) in [7, 11) is 0. The van der Waals surface area contributed by atoms with Gasteiger partial charge in [-0.3, -0.25) is 9.78 Å². The monoisotopic (exact) mass is 351 g/mol. The van der Waals surface area contributed by atoms with Gasteiger partial charge in [-0.1, -0.05) is 30.3 Å². The van der Waals surface area contributed by atoms with Crippen LogP contribution in [0, 0.1) is 11.3 Å². The van der Waals surface area contributed by atoms with E-state index in [1.54, 1.807) is 24.4 Å². The first-order valence-electron chi connectivity index (χ1n) is 8.97. The number of rotatable bonds is 4.